The zero-order chi connectivity index (χ0) is 13.7. The number of sulfonamides is 1. The molecule has 102 valence electrons. The molecule has 2 aromatic heterocycles. The van der Waals surface area contributed by atoms with Crippen molar-refractivity contribution in [3.63, 3.8) is 0 Å². The fourth-order valence-electron chi connectivity index (χ4n) is 1.64. The number of thiophene rings is 1. The minimum absolute atomic E-state index is 0.170. The van der Waals surface area contributed by atoms with E-state index in [1.54, 1.807) is 30.6 Å². The molecule has 0 amide bonds. The second-order valence-electron chi connectivity index (χ2n) is 3.83. The molecule has 0 saturated heterocycles. The zero-order valence-corrected chi connectivity index (χ0v) is 12.1. The first-order valence-corrected chi connectivity index (χ1v) is 8.14. The van der Waals surface area contributed by atoms with Gasteiger partial charge in [0.15, 0.2) is 0 Å². The molecule has 0 fully saturated rings. The second kappa shape index (κ2) is 6.14. The Morgan fingerprint density at radius 1 is 1.32 bits per heavy atom. The standard InChI is InChI=1S/C12H15N3O2S2/c1-13-12-11(5-2-7-14-12)19(16,17)15-8-6-10-4-3-9-18-10/h2-5,7,9,15H,6,8H2,1H3,(H,13,14). The molecule has 2 heterocycles. The number of pyridine rings is 1. The van der Waals surface area contributed by atoms with Crippen LogP contribution in [0.15, 0.2) is 40.7 Å². The highest BCUT2D eigenvalue weighted by Crippen LogP contribution is 2.17. The van der Waals surface area contributed by atoms with E-state index in [-0.39, 0.29) is 4.90 Å². The largest absolute Gasteiger partial charge is 0.372 e. The van der Waals surface area contributed by atoms with Gasteiger partial charge in [0.1, 0.15) is 10.7 Å². The van der Waals surface area contributed by atoms with Crippen molar-refractivity contribution in [1.82, 2.24) is 9.71 Å². The van der Waals surface area contributed by atoms with Gasteiger partial charge in [0.2, 0.25) is 10.0 Å². The minimum Gasteiger partial charge on any atom is -0.372 e. The van der Waals surface area contributed by atoms with Crippen molar-refractivity contribution in [3.05, 3.63) is 40.7 Å². The van der Waals surface area contributed by atoms with Crippen LogP contribution in [0.3, 0.4) is 0 Å². The summed E-state index contributed by atoms with van der Waals surface area (Å²) >= 11 is 1.62. The highest BCUT2D eigenvalue weighted by molar-refractivity contribution is 7.89. The molecule has 0 aliphatic rings. The summed E-state index contributed by atoms with van der Waals surface area (Å²) in [7, 11) is -1.88. The van der Waals surface area contributed by atoms with Crippen molar-refractivity contribution in [2.45, 2.75) is 11.3 Å². The lowest BCUT2D eigenvalue weighted by atomic mass is 10.3. The average molecular weight is 297 g/mol. The monoisotopic (exact) mass is 297 g/mol. The molecule has 0 bridgehead atoms. The Hall–Kier alpha value is -1.44. The third-order valence-corrected chi connectivity index (χ3v) is 4.97. The smallest absolute Gasteiger partial charge is 0.244 e. The summed E-state index contributed by atoms with van der Waals surface area (Å²) in [4.78, 5) is 5.32. The van der Waals surface area contributed by atoms with Gasteiger partial charge in [-0.05, 0) is 30.0 Å². The number of anilines is 1. The second-order valence-corrected chi connectivity index (χ2v) is 6.59. The van der Waals surface area contributed by atoms with Gasteiger partial charge in [0.25, 0.3) is 0 Å². The van der Waals surface area contributed by atoms with Crippen LogP contribution in [0.5, 0.6) is 0 Å². The summed E-state index contributed by atoms with van der Waals surface area (Å²) in [5, 5.41) is 4.75. The maximum Gasteiger partial charge on any atom is 0.244 e. The molecule has 7 heteroatoms. The predicted octanol–water partition coefficient (Wildman–Crippen LogP) is 1.71. The van der Waals surface area contributed by atoms with Crippen molar-refractivity contribution in [1.29, 1.82) is 0 Å². The number of nitrogens with one attached hydrogen (secondary N) is 2. The van der Waals surface area contributed by atoms with E-state index in [2.05, 4.69) is 15.0 Å². The third kappa shape index (κ3) is 3.52. The van der Waals surface area contributed by atoms with Crippen molar-refractivity contribution in [3.8, 4) is 0 Å². The summed E-state index contributed by atoms with van der Waals surface area (Å²) in [6.45, 7) is 0.376. The van der Waals surface area contributed by atoms with Gasteiger partial charge in [-0.2, -0.15) is 0 Å². The zero-order valence-electron chi connectivity index (χ0n) is 10.5. The summed E-state index contributed by atoms with van der Waals surface area (Å²) in [5.41, 5.74) is 0. The van der Waals surface area contributed by atoms with E-state index in [0.29, 0.717) is 18.8 Å². The summed E-state index contributed by atoms with van der Waals surface area (Å²) in [6.07, 6.45) is 2.24. The van der Waals surface area contributed by atoms with Crippen molar-refractivity contribution in [2.75, 3.05) is 18.9 Å². The third-order valence-electron chi connectivity index (χ3n) is 2.54. The van der Waals surface area contributed by atoms with Crippen LogP contribution in [-0.2, 0) is 16.4 Å². The van der Waals surface area contributed by atoms with E-state index < -0.39 is 10.0 Å². The Balaban J connectivity index is 2.05. The fourth-order valence-corrected chi connectivity index (χ4v) is 3.54. The maximum absolute atomic E-state index is 12.2. The number of rotatable bonds is 6. The Kier molecular flexibility index (Phi) is 4.52. The van der Waals surface area contributed by atoms with Crippen LogP contribution in [0.4, 0.5) is 5.82 Å². The van der Waals surface area contributed by atoms with Crippen molar-refractivity contribution < 1.29 is 8.42 Å². The van der Waals surface area contributed by atoms with Crippen LogP contribution < -0.4 is 10.0 Å². The fraction of sp³-hybridized carbons (Fsp3) is 0.250. The molecule has 2 N–H and O–H groups in total. The first kappa shape index (κ1) is 14.0. The van der Waals surface area contributed by atoms with Gasteiger partial charge in [-0.25, -0.2) is 18.1 Å². The van der Waals surface area contributed by atoms with Crippen LogP contribution >= 0.6 is 11.3 Å². The molecule has 0 radical (unpaired) electrons. The number of hydrogen-bond donors (Lipinski definition) is 2. The highest BCUT2D eigenvalue weighted by atomic mass is 32.2. The van der Waals surface area contributed by atoms with Crippen LogP contribution in [0.25, 0.3) is 0 Å². The lowest BCUT2D eigenvalue weighted by Gasteiger charge is -2.09. The number of hydrogen-bond acceptors (Lipinski definition) is 5. The topological polar surface area (TPSA) is 71.1 Å². The summed E-state index contributed by atoms with van der Waals surface area (Å²) in [5.74, 6) is 0.353. The van der Waals surface area contributed by atoms with E-state index in [0.717, 1.165) is 4.88 Å². The molecule has 5 nitrogen and oxygen atoms in total. The summed E-state index contributed by atoms with van der Waals surface area (Å²) in [6, 6.07) is 7.08. The van der Waals surface area contributed by atoms with Gasteiger partial charge in [-0.3, -0.25) is 0 Å². The SMILES string of the molecule is CNc1ncccc1S(=O)(=O)NCCc1cccs1. The minimum atomic E-state index is -3.53. The van der Waals surface area contributed by atoms with Gasteiger partial charge < -0.3 is 5.32 Å². The number of aromatic nitrogens is 1. The van der Waals surface area contributed by atoms with E-state index in [4.69, 9.17) is 0 Å². The molecular formula is C12H15N3O2S2. The first-order chi connectivity index (χ1) is 9.13. The molecule has 0 spiro atoms. The molecule has 19 heavy (non-hydrogen) atoms. The normalized spacial score (nSPS) is 11.4. The van der Waals surface area contributed by atoms with Crippen LogP contribution in [-0.4, -0.2) is 27.0 Å². The Morgan fingerprint density at radius 3 is 2.84 bits per heavy atom. The molecule has 0 aromatic carbocycles. The van der Waals surface area contributed by atoms with E-state index in [1.165, 1.54) is 6.07 Å². The van der Waals surface area contributed by atoms with Gasteiger partial charge >= 0.3 is 0 Å². The van der Waals surface area contributed by atoms with Gasteiger partial charge in [0.05, 0.1) is 0 Å². The average Bonchev–Trinajstić information content (AvgIpc) is 2.91. The molecule has 2 rings (SSSR count). The molecule has 0 saturated carbocycles. The van der Waals surface area contributed by atoms with Crippen molar-refractivity contribution in [2.24, 2.45) is 0 Å². The molecule has 0 aliphatic carbocycles. The van der Waals surface area contributed by atoms with E-state index in [1.807, 2.05) is 17.5 Å². The number of nitrogens with zero attached hydrogens (tertiary/aromatic N) is 1. The van der Waals surface area contributed by atoms with Gasteiger partial charge in [-0.1, -0.05) is 6.07 Å². The molecular weight excluding hydrogens is 282 g/mol. The highest BCUT2D eigenvalue weighted by Gasteiger charge is 2.17. The summed E-state index contributed by atoms with van der Waals surface area (Å²) < 4.78 is 26.9. The molecule has 2 aromatic rings. The Bertz CT molecular complexity index is 624. The van der Waals surface area contributed by atoms with Crippen molar-refractivity contribution >= 4 is 27.2 Å². The van der Waals surface area contributed by atoms with Crippen LogP contribution in [0.1, 0.15) is 4.88 Å². The quantitative estimate of drug-likeness (QED) is 0.851. The Morgan fingerprint density at radius 2 is 2.16 bits per heavy atom. The van der Waals surface area contributed by atoms with Gasteiger partial charge in [-0.15, -0.1) is 11.3 Å². The Labute approximate surface area is 116 Å². The van der Waals surface area contributed by atoms with Gasteiger partial charge in [0, 0.05) is 24.7 Å². The predicted molar refractivity (Wildman–Crippen MR) is 77.0 cm³/mol. The first-order valence-electron chi connectivity index (χ1n) is 5.78. The lowest BCUT2D eigenvalue weighted by molar-refractivity contribution is 0.582. The molecule has 0 aliphatic heterocycles. The molecule has 0 unspecified atom stereocenters. The van der Waals surface area contributed by atoms with Crippen LogP contribution in [0.2, 0.25) is 0 Å². The van der Waals surface area contributed by atoms with E-state index in [9.17, 15) is 8.42 Å². The maximum atomic E-state index is 12.2. The van der Waals surface area contributed by atoms with E-state index >= 15 is 0 Å². The van der Waals surface area contributed by atoms with Crippen LogP contribution in [0, 0.1) is 0 Å². The molecule has 0 atom stereocenters. The lowest BCUT2D eigenvalue weighted by Crippen LogP contribution is -2.26.